The number of aryl methyl sites for hydroxylation is 1. The van der Waals surface area contributed by atoms with Gasteiger partial charge in [-0.3, -0.25) is 4.79 Å². The molecule has 1 aliphatic rings. The van der Waals surface area contributed by atoms with Gasteiger partial charge < -0.3 is 14.0 Å². The van der Waals surface area contributed by atoms with Crippen LogP contribution in [0.3, 0.4) is 0 Å². The fourth-order valence-electron chi connectivity index (χ4n) is 2.54. The summed E-state index contributed by atoms with van der Waals surface area (Å²) in [6.07, 6.45) is -0.726. The summed E-state index contributed by atoms with van der Waals surface area (Å²) in [5.74, 6) is 0.394. The minimum atomic E-state index is -0.533. The van der Waals surface area contributed by atoms with Crippen molar-refractivity contribution in [3.63, 3.8) is 0 Å². The molecule has 1 aliphatic heterocycles. The van der Waals surface area contributed by atoms with E-state index in [4.69, 9.17) is 9.47 Å². The topological polar surface area (TPSA) is 40.5 Å². The first-order valence-electron chi connectivity index (χ1n) is 6.65. The summed E-state index contributed by atoms with van der Waals surface area (Å²) in [5, 5.41) is 0. The van der Waals surface area contributed by atoms with Gasteiger partial charge in [0.1, 0.15) is 6.10 Å². The molecular formula is C16H17NO3. The summed E-state index contributed by atoms with van der Waals surface area (Å²) >= 11 is 0. The third-order valence-corrected chi connectivity index (χ3v) is 3.70. The smallest absolute Gasteiger partial charge is 0.227 e. The Kier molecular flexibility index (Phi) is 3.10. The predicted octanol–water partition coefficient (Wildman–Crippen LogP) is 2.86. The molecule has 0 N–H and O–H groups in total. The van der Waals surface area contributed by atoms with Crippen LogP contribution in [0.2, 0.25) is 0 Å². The molecule has 4 nitrogen and oxygen atoms in total. The largest absolute Gasteiger partial charge is 0.455 e. The maximum absolute atomic E-state index is 12.2. The number of pyridine rings is 1. The van der Waals surface area contributed by atoms with Crippen molar-refractivity contribution in [2.24, 2.45) is 7.05 Å². The molecule has 0 amide bonds. The molecule has 2 heterocycles. The van der Waals surface area contributed by atoms with Gasteiger partial charge in [0.2, 0.25) is 11.7 Å². The quantitative estimate of drug-likeness (QED) is 0.800. The van der Waals surface area contributed by atoms with Crippen molar-refractivity contribution < 1.29 is 9.47 Å². The van der Waals surface area contributed by atoms with E-state index in [2.05, 4.69) is 0 Å². The molecular weight excluding hydrogens is 254 g/mol. The van der Waals surface area contributed by atoms with E-state index in [9.17, 15) is 4.79 Å². The number of aromatic nitrogens is 1. The Morgan fingerprint density at radius 1 is 1.20 bits per heavy atom. The molecule has 4 heteroatoms. The SMILES string of the molecule is Cc1cc(=O)c2c(n1C)C(C)OC(c1ccccc1)O2. The van der Waals surface area contributed by atoms with E-state index < -0.39 is 6.29 Å². The number of hydrogen-bond donors (Lipinski definition) is 0. The monoisotopic (exact) mass is 271 g/mol. The van der Waals surface area contributed by atoms with Gasteiger partial charge in [-0.25, -0.2) is 0 Å². The fraction of sp³-hybridized carbons (Fsp3) is 0.312. The highest BCUT2D eigenvalue weighted by Gasteiger charge is 2.31. The van der Waals surface area contributed by atoms with Crippen molar-refractivity contribution in [2.45, 2.75) is 26.2 Å². The maximum Gasteiger partial charge on any atom is 0.227 e. The van der Waals surface area contributed by atoms with Crippen molar-refractivity contribution in [1.82, 2.24) is 4.57 Å². The molecule has 0 aliphatic carbocycles. The second-order valence-corrected chi connectivity index (χ2v) is 5.06. The van der Waals surface area contributed by atoms with Crippen LogP contribution >= 0.6 is 0 Å². The molecule has 2 aromatic rings. The average Bonchev–Trinajstić information content (AvgIpc) is 2.45. The van der Waals surface area contributed by atoms with Gasteiger partial charge in [-0.15, -0.1) is 0 Å². The Morgan fingerprint density at radius 3 is 2.60 bits per heavy atom. The highest BCUT2D eigenvalue weighted by atomic mass is 16.7. The van der Waals surface area contributed by atoms with Crippen molar-refractivity contribution >= 4 is 0 Å². The van der Waals surface area contributed by atoms with Crippen molar-refractivity contribution in [1.29, 1.82) is 0 Å². The average molecular weight is 271 g/mol. The van der Waals surface area contributed by atoms with E-state index in [0.717, 1.165) is 17.0 Å². The third kappa shape index (κ3) is 2.02. The van der Waals surface area contributed by atoms with Crippen LogP contribution in [-0.4, -0.2) is 4.57 Å². The van der Waals surface area contributed by atoms with Crippen LogP contribution in [0, 0.1) is 6.92 Å². The number of ether oxygens (including phenoxy) is 2. The van der Waals surface area contributed by atoms with Gasteiger partial charge in [0.05, 0.1) is 5.69 Å². The van der Waals surface area contributed by atoms with Crippen molar-refractivity contribution in [2.75, 3.05) is 0 Å². The van der Waals surface area contributed by atoms with Crippen LogP contribution in [0.4, 0.5) is 0 Å². The maximum atomic E-state index is 12.2. The van der Waals surface area contributed by atoms with E-state index in [1.165, 1.54) is 0 Å². The number of fused-ring (bicyclic) bond motifs is 1. The van der Waals surface area contributed by atoms with Gasteiger partial charge in [0, 0.05) is 24.4 Å². The van der Waals surface area contributed by atoms with Gasteiger partial charge in [-0.2, -0.15) is 0 Å². The molecule has 3 rings (SSSR count). The Morgan fingerprint density at radius 2 is 1.90 bits per heavy atom. The first-order chi connectivity index (χ1) is 9.58. The van der Waals surface area contributed by atoms with E-state index in [1.54, 1.807) is 6.07 Å². The Bertz CT molecular complexity index is 691. The molecule has 0 saturated carbocycles. The summed E-state index contributed by atoms with van der Waals surface area (Å²) in [5.41, 5.74) is 2.51. The van der Waals surface area contributed by atoms with Gasteiger partial charge in [-0.05, 0) is 13.8 Å². The lowest BCUT2D eigenvalue weighted by molar-refractivity contribution is -0.142. The number of rotatable bonds is 1. The Labute approximate surface area is 117 Å². The molecule has 2 atom stereocenters. The zero-order chi connectivity index (χ0) is 14.3. The summed E-state index contributed by atoms with van der Waals surface area (Å²) in [6, 6.07) is 11.2. The van der Waals surface area contributed by atoms with E-state index in [-0.39, 0.29) is 11.5 Å². The lowest BCUT2D eigenvalue weighted by atomic mass is 10.1. The molecule has 0 saturated heterocycles. The van der Waals surface area contributed by atoms with Crippen LogP contribution in [0.1, 0.15) is 36.3 Å². The number of benzene rings is 1. The third-order valence-electron chi connectivity index (χ3n) is 3.70. The highest BCUT2D eigenvalue weighted by Crippen LogP contribution is 2.37. The molecule has 20 heavy (non-hydrogen) atoms. The molecule has 104 valence electrons. The standard InChI is InChI=1S/C16H17NO3/c1-10-9-13(18)15-14(17(10)3)11(2)19-16(20-15)12-7-5-4-6-8-12/h4-9,11,16H,1-3H3. The second kappa shape index (κ2) is 4.80. The van der Waals surface area contributed by atoms with Crippen LogP contribution in [0.5, 0.6) is 5.75 Å². The lowest BCUT2D eigenvalue weighted by Crippen LogP contribution is -2.28. The molecule has 0 radical (unpaired) electrons. The number of hydrogen-bond acceptors (Lipinski definition) is 3. The molecule has 1 aromatic carbocycles. The molecule has 0 bridgehead atoms. The van der Waals surface area contributed by atoms with E-state index >= 15 is 0 Å². The Balaban J connectivity index is 2.08. The first-order valence-corrected chi connectivity index (χ1v) is 6.65. The predicted molar refractivity (Wildman–Crippen MR) is 75.7 cm³/mol. The molecule has 0 fully saturated rings. The van der Waals surface area contributed by atoms with Crippen LogP contribution in [0.25, 0.3) is 0 Å². The molecule has 1 aromatic heterocycles. The highest BCUT2D eigenvalue weighted by molar-refractivity contribution is 5.34. The summed E-state index contributed by atoms with van der Waals surface area (Å²) in [7, 11) is 1.92. The summed E-state index contributed by atoms with van der Waals surface area (Å²) < 4.78 is 13.7. The summed E-state index contributed by atoms with van der Waals surface area (Å²) in [6.45, 7) is 3.84. The second-order valence-electron chi connectivity index (χ2n) is 5.06. The van der Waals surface area contributed by atoms with Gasteiger partial charge >= 0.3 is 0 Å². The lowest BCUT2D eigenvalue weighted by Gasteiger charge is -2.32. The van der Waals surface area contributed by atoms with Gasteiger partial charge in [0.15, 0.2) is 5.75 Å². The molecule has 0 spiro atoms. The minimum Gasteiger partial charge on any atom is -0.455 e. The number of nitrogens with zero attached hydrogens (tertiary/aromatic N) is 1. The van der Waals surface area contributed by atoms with Crippen molar-refractivity contribution in [3.05, 3.63) is 63.6 Å². The van der Waals surface area contributed by atoms with Gasteiger partial charge in [0.25, 0.3) is 0 Å². The van der Waals surface area contributed by atoms with Crippen molar-refractivity contribution in [3.8, 4) is 5.75 Å². The first kappa shape index (κ1) is 12.9. The Hall–Kier alpha value is -2.07. The van der Waals surface area contributed by atoms with E-state index in [0.29, 0.717) is 5.75 Å². The van der Waals surface area contributed by atoms with Crippen LogP contribution in [-0.2, 0) is 11.8 Å². The zero-order valence-electron chi connectivity index (χ0n) is 11.8. The van der Waals surface area contributed by atoms with Crippen LogP contribution in [0.15, 0.2) is 41.2 Å². The van der Waals surface area contributed by atoms with E-state index in [1.807, 2.05) is 55.8 Å². The minimum absolute atomic E-state index is 0.0910. The van der Waals surface area contributed by atoms with Crippen LogP contribution < -0.4 is 10.2 Å². The summed E-state index contributed by atoms with van der Waals surface area (Å²) in [4.78, 5) is 12.2. The molecule has 2 unspecified atom stereocenters. The normalized spacial score (nSPS) is 21.1. The van der Waals surface area contributed by atoms with Gasteiger partial charge in [-0.1, -0.05) is 30.3 Å². The fourth-order valence-corrected chi connectivity index (χ4v) is 2.54. The zero-order valence-corrected chi connectivity index (χ0v) is 11.8.